The highest BCUT2D eigenvalue weighted by Gasteiger charge is 2.72. The highest BCUT2D eigenvalue weighted by Crippen LogP contribution is 2.71. The number of nitrogens with one attached hydrogen (secondary N) is 1. The Morgan fingerprint density at radius 2 is 1.44 bits per heavy atom. The molecule has 0 amide bonds. The lowest BCUT2D eigenvalue weighted by Crippen LogP contribution is -2.81. The standard InChI is InChI=1S/C29H51N3O2/c1-21-23-10-9-22-24-8-7-12-26(24,2)13-11-25(22)27(23,3)29(20-28(21,33)34,31-16-5-4-6-17-31)32-18-14-30-15-19-32/h21-25,30,33-34H,4-20H2,1-3H3/t21?,22?,23-,24?,25?,26-,27-,29?/m0/s1. The molecule has 2 aliphatic heterocycles. The third-order valence-corrected chi connectivity index (χ3v) is 12.8. The van der Waals surface area contributed by atoms with Crippen LogP contribution in [0.25, 0.3) is 0 Å². The molecule has 0 aromatic heterocycles. The maximum atomic E-state index is 11.7. The van der Waals surface area contributed by atoms with Gasteiger partial charge in [0, 0.05) is 43.9 Å². The Labute approximate surface area is 208 Å². The lowest BCUT2D eigenvalue weighted by molar-refractivity contribution is -0.345. The summed E-state index contributed by atoms with van der Waals surface area (Å²) in [5.41, 5.74) is 0.417. The van der Waals surface area contributed by atoms with Gasteiger partial charge in [-0.1, -0.05) is 33.6 Å². The molecule has 2 saturated heterocycles. The molecule has 5 unspecified atom stereocenters. The maximum Gasteiger partial charge on any atom is 0.168 e. The van der Waals surface area contributed by atoms with Gasteiger partial charge in [-0.05, 0) is 93.5 Å². The second kappa shape index (κ2) is 8.41. The summed E-state index contributed by atoms with van der Waals surface area (Å²) in [6.45, 7) is 13.8. The van der Waals surface area contributed by atoms with Gasteiger partial charge in [-0.3, -0.25) is 9.80 Å². The molecule has 2 heterocycles. The van der Waals surface area contributed by atoms with Gasteiger partial charge in [-0.25, -0.2) is 0 Å². The molecule has 5 nitrogen and oxygen atoms in total. The minimum atomic E-state index is -1.59. The molecule has 4 saturated carbocycles. The van der Waals surface area contributed by atoms with E-state index in [1.165, 1.54) is 64.2 Å². The summed E-state index contributed by atoms with van der Waals surface area (Å²) in [7, 11) is 0. The molecule has 194 valence electrons. The topological polar surface area (TPSA) is 59.0 Å². The Balaban J connectivity index is 1.50. The van der Waals surface area contributed by atoms with Crippen LogP contribution in [0.5, 0.6) is 0 Å². The molecular weight excluding hydrogens is 422 g/mol. The smallest absolute Gasteiger partial charge is 0.168 e. The van der Waals surface area contributed by atoms with Gasteiger partial charge in [0.25, 0.3) is 0 Å². The fraction of sp³-hybridized carbons (Fsp3) is 1.00. The maximum absolute atomic E-state index is 11.7. The molecule has 0 aromatic carbocycles. The SMILES string of the molecule is CC1[C@@H]2CCC3C4CCC[C@@]4(C)CCC3[C@@]2(C)C(N2CCCCC2)(N2CCNCC2)CC1(O)O. The van der Waals surface area contributed by atoms with Crippen LogP contribution in [0.3, 0.4) is 0 Å². The van der Waals surface area contributed by atoms with E-state index in [4.69, 9.17) is 0 Å². The first-order chi connectivity index (χ1) is 16.2. The Morgan fingerprint density at radius 1 is 0.735 bits per heavy atom. The van der Waals surface area contributed by atoms with Gasteiger partial charge in [0.15, 0.2) is 5.79 Å². The van der Waals surface area contributed by atoms with Crippen LogP contribution < -0.4 is 5.32 Å². The van der Waals surface area contributed by atoms with Gasteiger partial charge in [0.2, 0.25) is 0 Å². The minimum Gasteiger partial charge on any atom is -0.365 e. The first-order valence-corrected chi connectivity index (χ1v) is 14.9. The Hall–Kier alpha value is -0.200. The normalized spacial score (nSPS) is 52.0. The lowest BCUT2D eigenvalue weighted by Gasteiger charge is -2.74. The molecule has 4 aliphatic carbocycles. The van der Waals surface area contributed by atoms with Crippen molar-refractivity contribution in [3.8, 4) is 0 Å². The second-order valence-electron chi connectivity index (χ2n) is 13.9. The summed E-state index contributed by atoms with van der Waals surface area (Å²) >= 11 is 0. The molecule has 6 fully saturated rings. The molecule has 0 spiro atoms. The van der Waals surface area contributed by atoms with Crippen LogP contribution >= 0.6 is 0 Å². The zero-order chi connectivity index (χ0) is 23.8. The van der Waals surface area contributed by atoms with Crippen LogP contribution in [0.1, 0.15) is 91.4 Å². The number of aliphatic hydroxyl groups is 2. The first-order valence-electron chi connectivity index (χ1n) is 14.9. The largest absolute Gasteiger partial charge is 0.365 e. The van der Waals surface area contributed by atoms with Crippen LogP contribution in [-0.4, -0.2) is 70.7 Å². The van der Waals surface area contributed by atoms with Gasteiger partial charge in [-0.15, -0.1) is 0 Å². The minimum absolute atomic E-state index is 0.0591. The number of rotatable bonds is 2. The van der Waals surface area contributed by atoms with Crippen LogP contribution in [0.2, 0.25) is 0 Å². The van der Waals surface area contributed by atoms with Gasteiger partial charge >= 0.3 is 0 Å². The molecule has 0 radical (unpaired) electrons. The highest BCUT2D eigenvalue weighted by atomic mass is 16.5. The van der Waals surface area contributed by atoms with E-state index in [1.54, 1.807) is 0 Å². The van der Waals surface area contributed by atoms with E-state index in [2.05, 4.69) is 35.9 Å². The Kier molecular flexibility index (Phi) is 5.97. The van der Waals surface area contributed by atoms with Crippen molar-refractivity contribution in [2.75, 3.05) is 39.3 Å². The molecule has 34 heavy (non-hydrogen) atoms. The molecule has 5 heteroatoms. The summed E-state index contributed by atoms with van der Waals surface area (Å²) in [5, 5.41) is 26.9. The van der Waals surface area contributed by atoms with E-state index >= 15 is 0 Å². The summed E-state index contributed by atoms with van der Waals surface area (Å²) in [6, 6.07) is 0. The van der Waals surface area contributed by atoms with E-state index in [1.807, 2.05) is 0 Å². The average molecular weight is 474 g/mol. The van der Waals surface area contributed by atoms with Crippen LogP contribution in [-0.2, 0) is 0 Å². The number of likely N-dealkylation sites (tertiary alicyclic amines) is 1. The number of nitrogens with zero attached hydrogens (tertiary/aromatic N) is 2. The third kappa shape index (κ3) is 3.22. The van der Waals surface area contributed by atoms with Crippen molar-refractivity contribution in [1.29, 1.82) is 0 Å². The average Bonchev–Trinajstić information content (AvgIpc) is 3.25. The molecule has 6 rings (SSSR count). The zero-order valence-electron chi connectivity index (χ0n) is 22.2. The summed E-state index contributed by atoms with van der Waals surface area (Å²) in [5.74, 6) is 1.15. The molecule has 3 N–H and O–H groups in total. The molecular formula is C29H51N3O2. The molecule has 0 bridgehead atoms. The van der Waals surface area contributed by atoms with Crippen molar-refractivity contribution in [1.82, 2.24) is 15.1 Å². The van der Waals surface area contributed by atoms with Gasteiger partial charge in [0.05, 0.1) is 5.66 Å². The highest BCUT2D eigenvalue weighted by molar-refractivity contribution is 5.20. The van der Waals surface area contributed by atoms with E-state index in [-0.39, 0.29) is 17.0 Å². The molecule has 6 aliphatic rings. The number of fused-ring (bicyclic) bond motifs is 5. The Bertz CT molecular complexity index is 742. The van der Waals surface area contributed by atoms with E-state index in [0.29, 0.717) is 23.7 Å². The van der Waals surface area contributed by atoms with Crippen molar-refractivity contribution >= 4 is 0 Å². The lowest BCUT2D eigenvalue weighted by atomic mass is 9.40. The number of piperazine rings is 1. The monoisotopic (exact) mass is 473 g/mol. The summed E-state index contributed by atoms with van der Waals surface area (Å²) in [4.78, 5) is 5.56. The van der Waals surface area contributed by atoms with Crippen LogP contribution in [0.4, 0.5) is 0 Å². The predicted octanol–water partition coefficient (Wildman–Crippen LogP) is 4.04. The molecule has 8 atom stereocenters. The van der Waals surface area contributed by atoms with Crippen molar-refractivity contribution < 1.29 is 10.2 Å². The van der Waals surface area contributed by atoms with Gasteiger partial charge in [-0.2, -0.15) is 0 Å². The number of hydrogen-bond acceptors (Lipinski definition) is 5. The number of piperidine rings is 1. The first kappa shape index (κ1) is 24.2. The fourth-order valence-corrected chi connectivity index (χ4v) is 11.2. The van der Waals surface area contributed by atoms with Crippen LogP contribution in [0, 0.1) is 40.4 Å². The van der Waals surface area contributed by atoms with Crippen molar-refractivity contribution in [2.45, 2.75) is 103 Å². The Morgan fingerprint density at radius 3 is 2.18 bits per heavy atom. The van der Waals surface area contributed by atoms with E-state index in [9.17, 15) is 10.2 Å². The summed E-state index contributed by atoms with van der Waals surface area (Å²) in [6.07, 6.45) is 13.8. The van der Waals surface area contributed by atoms with Gasteiger partial charge in [0.1, 0.15) is 0 Å². The third-order valence-electron chi connectivity index (χ3n) is 12.8. The number of hydrogen-bond donors (Lipinski definition) is 3. The fourth-order valence-electron chi connectivity index (χ4n) is 11.2. The summed E-state index contributed by atoms with van der Waals surface area (Å²) < 4.78 is 0. The predicted molar refractivity (Wildman–Crippen MR) is 136 cm³/mol. The van der Waals surface area contributed by atoms with Crippen molar-refractivity contribution in [3.05, 3.63) is 0 Å². The van der Waals surface area contributed by atoms with E-state index in [0.717, 1.165) is 51.1 Å². The van der Waals surface area contributed by atoms with Crippen LogP contribution in [0.15, 0.2) is 0 Å². The van der Waals surface area contributed by atoms with E-state index < -0.39 is 5.79 Å². The molecule has 0 aromatic rings. The zero-order valence-corrected chi connectivity index (χ0v) is 22.2. The van der Waals surface area contributed by atoms with Crippen molar-refractivity contribution in [2.24, 2.45) is 40.4 Å². The quantitative estimate of drug-likeness (QED) is 0.529. The van der Waals surface area contributed by atoms with Crippen molar-refractivity contribution in [3.63, 3.8) is 0 Å². The van der Waals surface area contributed by atoms with Gasteiger partial charge < -0.3 is 15.5 Å². The second-order valence-corrected chi connectivity index (χ2v) is 13.9.